The monoisotopic (exact) mass is 379 g/mol. The molecule has 0 saturated heterocycles. The first-order valence-corrected chi connectivity index (χ1v) is 9.61. The van der Waals surface area contributed by atoms with Crippen molar-refractivity contribution in [1.29, 1.82) is 0 Å². The second kappa shape index (κ2) is 7.32. The molecule has 0 spiro atoms. The van der Waals surface area contributed by atoms with Gasteiger partial charge in [0.05, 0.1) is 12.1 Å². The zero-order valence-corrected chi connectivity index (χ0v) is 15.6. The zero-order valence-electron chi connectivity index (χ0n) is 14.8. The molecule has 1 N–H and O–H groups in total. The number of para-hydroxylation sites is 1. The van der Waals surface area contributed by atoms with Crippen LogP contribution < -0.4 is 5.32 Å². The third kappa shape index (κ3) is 3.61. The first kappa shape index (κ1) is 17.4. The number of aryl methyl sites for hydroxylation is 1. The Morgan fingerprint density at radius 2 is 1.96 bits per heavy atom. The number of benzene rings is 2. The molecule has 0 saturated carbocycles. The van der Waals surface area contributed by atoms with Crippen LogP contribution in [0.2, 0.25) is 0 Å². The van der Waals surface area contributed by atoms with Crippen LogP contribution in [0.1, 0.15) is 18.2 Å². The van der Waals surface area contributed by atoms with Crippen molar-refractivity contribution in [2.24, 2.45) is 0 Å². The van der Waals surface area contributed by atoms with Gasteiger partial charge in [-0.15, -0.1) is 11.3 Å². The van der Waals surface area contributed by atoms with Gasteiger partial charge in [-0.1, -0.05) is 25.1 Å². The van der Waals surface area contributed by atoms with Gasteiger partial charge in [0.1, 0.15) is 5.82 Å². The van der Waals surface area contributed by atoms with Gasteiger partial charge in [-0.05, 0) is 42.3 Å². The quantitative estimate of drug-likeness (QED) is 0.534. The van der Waals surface area contributed by atoms with E-state index in [0.717, 1.165) is 39.6 Å². The van der Waals surface area contributed by atoms with E-state index in [1.807, 2.05) is 40.2 Å². The molecule has 2 aromatic heterocycles. The lowest BCUT2D eigenvalue weighted by molar-refractivity contribution is -0.115. The Bertz CT molecular complexity index is 1100. The minimum atomic E-state index is -0.274. The largest absolute Gasteiger partial charge is 0.326 e. The average Bonchev–Trinajstić information content (AvgIpc) is 3.25. The van der Waals surface area contributed by atoms with Gasteiger partial charge in [0.2, 0.25) is 5.91 Å². The van der Waals surface area contributed by atoms with Crippen molar-refractivity contribution in [2.45, 2.75) is 19.8 Å². The Kier molecular flexibility index (Phi) is 4.73. The molecular formula is C21H18FN3OS. The zero-order chi connectivity index (χ0) is 18.8. The Morgan fingerprint density at radius 1 is 1.19 bits per heavy atom. The van der Waals surface area contributed by atoms with Crippen LogP contribution in [0, 0.1) is 5.82 Å². The number of hydrogen-bond acceptors (Lipinski definition) is 3. The number of hydrogen-bond donors (Lipinski definition) is 1. The Balaban J connectivity index is 1.55. The molecule has 0 aliphatic rings. The number of thiazole rings is 1. The highest BCUT2D eigenvalue weighted by atomic mass is 32.1. The predicted octanol–water partition coefficient (Wildman–Crippen LogP) is 4.95. The molecule has 6 heteroatoms. The van der Waals surface area contributed by atoms with Crippen LogP contribution >= 0.6 is 11.3 Å². The molecule has 0 aliphatic carbocycles. The van der Waals surface area contributed by atoms with E-state index in [2.05, 4.69) is 17.2 Å². The average molecular weight is 379 g/mol. The number of carbonyl (C=O) groups excluding carboxylic acids is 1. The lowest BCUT2D eigenvalue weighted by atomic mass is 10.1. The fraction of sp³-hybridized carbons (Fsp3) is 0.143. The van der Waals surface area contributed by atoms with E-state index in [-0.39, 0.29) is 18.1 Å². The second-order valence-electron chi connectivity index (χ2n) is 6.25. The standard InChI is InChI=1S/C21H18FN3OS/c1-2-14-5-3-4-6-18(14)23-20(26)11-17-13-27-21-24-19(12-25(17)21)15-7-9-16(22)10-8-15/h3-10,12-13H,2,11H2,1H3,(H,23,26). The molecule has 0 radical (unpaired) electrons. The Morgan fingerprint density at radius 3 is 2.74 bits per heavy atom. The van der Waals surface area contributed by atoms with E-state index < -0.39 is 0 Å². The summed E-state index contributed by atoms with van der Waals surface area (Å²) in [5.74, 6) is -0.336. The van der Waals surface area contributed by atoms with Crippen molar-refractivity contribution in [3.05, 3.63) is 77.2 Å². The molecule has 1 amide bonds. The van der Waals surface area contributed by atoms with E-state index in [1.54, 1.807) is 12.1 Å². The van der Waals surface area contributed by atoms with Crippen molar-refractivity contribution < 1.29 is 9.18 Å². The number of fused-ring (bicyclic) bond motifs is 1. The van der Waals surface area contributed by atoms with Crippen molar-refractivity contribution in [2.75, 3.05) is 5.32 Å². The molecule has 0 atom stereocenters. The van der Waals surface area contributed by atoms with Crippen molar-refractivity contribution >= 4 is 27.9 Å². The van der Waals surface area contributed by atoms with Gasteiger partial charge in [-0.3, -0.25) is 9.20 Å². The minimum Gasteiger partial charge on any atom is -0.326 e. The number of halogens is 1. The summed E-state index contributed by atoms with van der Waals surface area (Å²) in [4.78, 5) is 17.9. The summed E-state index contributed by atoms with van der Waals surface area (Å²) in [6.07, 6.45) is 3.01. The smallest absolute Gasteiger partial charge is 0.230 e. The fourth-order valence-corrected chi connectivity index (χ4v) is 3.90. The van der Waals surface area contributed by atoms with Gasteiger partial charge in [0.25, 0.3) is 0 Å². The van der Waals surface area contributed by atoms with Crippen LogP contribution in [0.25, 0.3) is 16.2 Å². The molecule has 2 heterocycles. The summed E-state index contributed by atoms with van der Waals surface area (Å²) in [5, 5.41) is 4.95. The lowest BCUT2D eigenvalue weighted by Crippen LogP contribution is -2.16. The first-order valence-electron chi connectivity index (χ1n) is 8.73. The van der Waals surface area contributed by atoms with Gasteiger partial charge < -0.3 is 5.32 Å². The predicted molar refractivity (Wildman–Crippen MR) is 107 cm³/mol. The van der Waals surface area contributed by atoms with Gasteiger partial charge in [-0.25, -0.2) is 9.37 Å². The van der Waals surface area contributed by atoms with Crippen molar-refractivity contribution in [3.8, 4) is 11.3 Å². The van der Waals surface area contributed by atoms with Crippen LogP contribution in [-0.2, 0) is 17.6 Å². The number of nitrogens with zero attached hydrogens (tertiary/aromatic N) is 2. The van der Waals surface area contributed by atoms with Crippen LogP contribution in [0.3, 0.4) is 0 Å². The summed E-state index contributed by atoms with van der Waals surface area (Å²) < 4.78 is 15.0. The number of nitrogens with one attached hydrogen (secondary N) is 1. The van der Waals surface area contributed by atoms with Crippen LogP contribution in [0.4, 0.5) is 10.1 Å². The van der Waals surface area contributed by atoms with E-state index in [9.17, 15) is 9.18 Å². The third-order valence-corrected chi connectivity index (χ3v) is 5.33. The molecule has 136 valence electrons. The summed E-state index contributed by atoms with van der Waals surface area (Å²) in [5.41, 5.74) is 4.46. The molecule has 0 fully saturated rings. The van der Waals surface area contributed by atoms with Gasteiger partial charge >= 0.3 is 0 Å². The van der Waals surface area contributed by atoms with E-state index in [1.165, 1.54) is 23.5 Å². The van der Waals surface area contributed by atoms with Crippen LogP contribution in [-0.4, -0.2) is 15.3 Å². The first-order chi connectivity index (χ1) is 13.1. The highest BCUT2D eigenvalue weighted by Crippen LogP contribution is 2.24. The second-order valence-corrected chi connectivity index (χ2v) is 7.08. The maximum atomic E-state index is 13.1. The number of aromatic nitrogens is 2. The van der Waals surface area contributed by atoms with Gasteiger partial charge in [0, 0.05) is 28.5 Å². The van der Waals surface area contributed by atoms with Gasteiger partial charge in [-0.2, -0.15) is 0 Å². The SMILES string of the molecule is CCc1ccccc1NC(=O)Cc1csc2nc(-c3ccc(F)cc3)cn12. The molecule has 4 aromatic rings. The minimum absolute atomic E-state index is 0.0624. The van der Waals surface area contributed by atoms with Gasteiger partial charge in [0.15, 0.2) is 4.96 Å². The molecule has 2 aromatic carbocycles. The summed E-state index contributed by atoms with van der Waals surface area (Å²) in [6.45, 7) is 2.07. The maximum Gasteiger partial charge on any atom is 0.230 e. The molecule has 4 nitrogen and oxygen atoms in total. The van der Waals surface area contributed by atoms with E-state index >= 15 is 0 Å². The summed E-state index contributed by atoms with van der Waals surface area (Å²) in [7, 11) is 0. The molecule has 0 bridgehead atoms. The molecule has 0 unspecified atom stereocenters. The number of anilines is 1. The normalized spacial score (nSPS) is 11.0. The molecule has 0 aliphatic heterocycles. The highest BCUT2D eigenvalue weighted by molar-refractivity contribution is 7.15. The van der Waals surface area contributed by atoms with Crippen molar-refractivity contribution in [1.82, 2.24) is 9.38 Å². The van der Waals surface area contributed by atoms with E-state index in [0.29, 0.717) is 0 Å². The summed E-state index contributed by atoms with van der Waals surface area (Å²) in [6, 6.07) is 14.1. The molecule has 4 rings (SSSR count). The van der Waals surface area contributed by atoms with Crippen molar-refractivity contribution in [3.63, 3.8) is 0 Å². The number of imidazole rings is 1. The third-order valence-electron chi connectivity index (χ3n) is 4.44. The molecular weight excluding hydrogens is 361 g/mol. The lowest BCUT2D eigenvalue weighted by Gasteiger charge is -2.09. The Hall–Kier alpha value is -2.99. The topological polar surface area (TPSA) is 46.4 Å². The van der Waals surface area contributed by atoms with E-state index in [4.69, 9.17) is 0 Å². The number of carbonyl (C=O) groups is 1. The molecule has 27 heavy (non-hydrogen) atoms. The maximum absolute atomic E-state index is 13.1. The Labute approximate surface area is 160 Å². The number of rotatable bonds is 5. The summed E-state index contributed by atoms with van der Waals surface area (Å²) >= 11 is 1.49. The van der Waals surface area contributed by atoms with Crippen LogP contribution in [0.5, 0.6) is 0 Å². The van der Waals surface area contributed by atoms with Crippen LogP contribution in [0.15, 0.2) is 60.1 Å². The highest BCUT2D eigenvalue weighted by Gasteiger charge is 2.13. The fourth-order valence-electron chi connectivity index (χ4n) is 3.03. The number of amides is 1.